The van der Waals surface area contributed by atoms with Crippen molar-refractivity contribution in [2.24, 2.45) is 11.8 Å². The summed E-state index contributed by atoms with van der Waals surface area (Å²) in [5, 5.41) is 3.20. The number of hydrogen-bond donors (Lipinski definition) is 1. The molecule has 92 valence electrons. The largest absolute Gasteiger partial charge is 0.342 e. The van der Waals surface area contributed by atoms with Crippen LogP contribution >= 0.6 is 0 Å². The average Bonchev–Trinajstić information content (AvgIpc) is 2.24. The minimum Gasteiger partial charge on any atom is -0.342 e. The number of carbonyl (C=O) groups excluding carboxylic acids is 1. The molecule has 0 atom stereocenters. The number of hydrogen-bond acceptors (Lipinski definition) is 2. The van der Waals surface area contributed by atoms with Crippen LogP contribution in [0.2, 0.25) is 0 Å². The molecule has 2 aliphatic rings. The highest BCUT2D eigenvalue weighted by atomic mass is 16.2. The number of piperidine rings is 1. The summed E-state index contributed by atoms with van der Waals surface area (Å²) in [4.78, 5) is 14.1. The fourth-order valence-corrected chi connectivity index (χ4v) is 2.70. The van der Waals surface area contributed by atoms with E-state index >= 15 is 0 Å². The van der Waals surface area contributed by atoms with Gasteiger partial charge in [-0.05, 0) is 51.6 Å². The van der Waals surface area contributed by atoms with Crippen LogP contribution in [0.15, 0.2) is 0 Å². The van der Waals surface area contributed by atoms with Crippen LogP contribution in [0.4, 0.5) is 0 Å². The molecule has 1 amide bonds. The number of nitrogens with zero attached hydrogens (tertiary/aromatic N) is 1. The molecule has 3 heteroatoms. The smallest absolute Gasteiger partial charge is 0.225 e. The minimum absolute atomic E-state index is 0.383. The molecule has 16 heavy (non-hydrogen) atoms. The molecule has 0 radical (unpaired) electrons. The molecule has 1 aliphatic heterocycles. The first-order valence-electron chi connectivity index (χ1n) is 6.74. The lowest BCUT2D eigenvalue weighted by Gasteiger charge is -2.36. The van der Waals surface area contributed by atoms with E-state index in [-0.39, 0.29) is 0 Å². The van der Waals surface area contributed by atoms with Crippen molar-refractivity contribution in [1.82, 2.24) is 10.2 Å². The summed E-state index contributed by atoms with van der Waals surface area (Å²) in [5.41, 5.74) is 0. The van der Waals surface area contributed by atoms with Crippen molar-refractivity contribution in [2.45, 2.75) is 38.5 Å². The summed E-state index contributed by atoms with van der Waals surface area (Å²) in [6.07, 6.45) is 7.22. The second-order valence-electron chi connectivity index (χ2n) is 5.29. The minimum atomic E-state index is 0.383. The van der Waals surface area contributed by atoms with Gasteiger partial charge in [-0.3, -0.25) is 4.79 Å². The van der Waals surface area contributed by atoms with E-state index in [4.69, 9.17) is 0 Å². The predicted molar refractivity (Wildman–Crippen MR) is 65.2 cm³/mol. The maximum absolute atomic E-state index is 12.0. The summed E-state index contributed by atoms with van der Waals surface area (Å²) in [5.74, 6) is 1.66. The van der Waals surface area contributed by atoms with Crippen LogP contribution in [-0.4, -0.2) is 37.5 Å². The van der Waals surface area contributed by atoms with Gasteiger partial charge >= 0.3 is 0 Å². The van der Waals surface area contributed by atoms with E-state index in [1.54, 1.807) is 0 Å². The first-order valence-corrected chi connectivity index (χ1v) is 6.74. The summed E-state index contributed by atoms with van der Waals surface area (Å²) >= 11 is 0. The number of carbonyl (C=O) groups is 1. The Hall–Kier alpha value is -0.570. The molecule has 1 N–H and O–H groups in total. The van der Waals surface area contributed by atoms with Crippen LogP contribution in [0, 0.1) is 11.8 Å². The lowest BCUT2D eigenvalue weighted by molar-refractivity contribution is -0.139. The highest BCUT2D eigenvalue weighted by Gasteiger charge is 2.31. The van der Waals surface area contributed by atoms with E-state index in [0.717, 1.165) is 38.4 Å². The molecule has 0 bridgehead atoms. The van der Waals surface area contributed by atoms with Gasteiger partial charge in [-0.15, -0.1) is 0 Å². The fraction of sp³-hybridized carbons (Fsp3) is 0.923. The third-order valence-electron chi connectivity index (χ3n) is 4.18. The zero-order valence-electron chi connectivity index (χ0n) is 10.4. The van der Waals surface area contributed by atoms with Gasteiger partial charge in [0.25, 0.3) is 0 Å². The first kappa shape index (κ1) is 11.9. The second kappa shape index (κ2) is 5.67. The molecule has 0 unspecified atom stereocenters. The monoisotopic (exact) mass is 224 g/mol. The van der Waals surface area contributed by atoms with E-state index in [0.29, 0.717) is 11.8 Å². The van der Waals surface area contributed by atoms with E-state index in [1.165, 1.54) is 25.7 Å². The van der Waals surface area contributed by atoms with Gasteiger partial charge < -0.3 is 10.2 Å². The van der Waals surface area contributed by atoms with Gasteiger partial charge in [0, 0.05) is 19.0 Å². The highest BCUT2D eigenvalue weighted by Crippen LogP contribution is 2.30. The average molecular weight is 224 g/mol. The van der Waals surface area contributed by atoms with Crippen molar-refractivity contribution in [2.75, 3.05) is 26.7 Å². The van der Waals surface area contributed by atoms with Gasteiger partial charge in [-0.25, -0.2) is 0 Å². The summed E-state index contributed by atoms with van der Waals surface area (Å²) in [6.45, 7) is 3.12. The van der Waals surface area contributed by atoms with E-state index < -0.39 is 0 Å². The molecular formula is C13H24N2O. The maximum atomic E-state index is 12.0. The van der Waals surface area contributed by atoms with Gasteiger partial charge in [0.2, 0.25) is 5.91 Å². The molecule has 1 saturated carbocycles. The van der Waals surface area contributed by atoms with Crippen molar-refractivity contribution in [3.8, 4) is 0 Å². The zero-order valence-corrected chi connectivity index (χ0v) is 10.4. The van der Waals surface area contributed by atoms with Crippen molar-refractivity contribution in [3.63, 3.8) is 0 Å². The molecule has 2 fully saturated rings. The number of likely N-dealkylation sites (tertiary alicyclic amines) is 1. The van der Waals surface area contributed by atoms with Crippen molar-refractivity contribution in [1.29, 1.82) is 0 Å². The Kier molecular flexibility index (Phi) is 4.22. The van der Waals surface area contributed by atoms with Crippen molar-refractivity contribution in [3.05, 3.63) is 0 Å². The van der Waals surface area contributed by atoms with E-state index in [1.807, 2.05) is 7.05 Å². The van der Waals surface area contributed by atoms with Crippen molar-refractivity contribution >= 4 is 5.91 Å². The van der Waals surface area contributed by atoms with Crippen molar-refractivity contribution < 1.29 is 4.79 Å². The van der Waals surface area contributed by atoms with Crippen LogP contribution in [0.25, 0.3) is 0 Å². The predicted octanol–water partition coefficient (Wildman–Crippen LogP) is 1.63. The molecule has 0 aromatic carbocycles. The van der Waals surface area contributed by atoms with Gasteiger partial charge in [0.15, 0.2) is 0 Å². The lowest BCUT2D eigenvalue weighted by atomic mass is 9.83. The highest BCUT2D eigenvalue weighted by molar-refractivity contribution is 5.79. The summed E-state index contributed by atoms with van der Waals surface area (Å²) in [7, 11) is 2.01. The Morgan fingerprint density at radius 3 is 2.44 bits per heavy atom. The van der Waals surface area contributed by atoms with E-state index in [2.05, 4.69) is 10.2 Å². The molecule has 0 spiro atoms. The zero-order chi connectivity index (χ0) is 11.4. The third kappa shape index (κ3) is 2.76. The molecule has 0 aromatic rings. The molecule has 3 nitrogen and oxygen atoms in total. The summed E-state index contributed by atoms with van der Waals surface area (Å²) < 4.78 is 0. The SMILES string of the molecule is CNCCC1CCN(C(=O)C2CCC2)CC1. The Bertz CT molecular complexity index is 230. The molecular weight excluding hydrogens is 200 g/mol. The van der Waals surface area contributed by atoms with Crippen LogP contribution in [0.3, 0.4) is 0 Å². The summed E-state index contributed by atoms with van der Waals surface area (Å²) in [6, 6.07) is 0. The van der Waals surface area contributed by atoms with Gasteiger partial charge in [0.1, 0.15) is 0 Å². The third-order valence-corrected chi connectivity index (χ3v) is 4.18. The first-order chi connectivity index (χ1) is 7.81. The Morgan fingerprint density at radius 2 is 1.94 bits per heavy atom. The topological polar surface area (TPSA) is 32.3 Å². The molecule has 1 saturated heterocycles. The van der Waals surface area contributed by atoms with Crippen LogP contribution < -0.4 is 5.32 Å². The Morgan fingerprint density at radius 1 is 1.25 bits per heavy atom. The molecule has 0 aromatic heterocycles. The van der Waals surface area contributed by atoms with Gasteiger partial charge in [-0.1, -0.05) is 6.42 Å². The van der Waals surface area contributed by atoms with Crippen LogP contribution in [0.1, 0.15) is 38.5 Å². The number of nitrogens with one attached hydrogen (secondary N) is 1. The van der Waals surface area contributed by atoms with Crippen LogP contribution in [-0.2, 0) is 4.79 Å². The molecule has 2 rings (SSSR count). The number of rotatable bonds is 4. The molecule has 1 heterocycles. The van der Waals surface area contributed by atoms with E-state index in [9.17, 15) is 4.79 Å². The van der Waals surface area contributed by atoms with Gasteiger partial charge in [-0.2, -0.15) is 0 Å². The van der Waals surface area contributed by atoms with Crippen LogP contribution in [0.5, 0.6) is 0 Å². The normalized spacial score (nSPS) is 23.2. The maximum Gasteiger partial charge on any atom is 0.225 e. The Balaban J connectivity index is 1.69. The quantitative estimate of drug-likeness (QED) is 0.787. The number of amides is 1. The standard InChI is InChI=1S/C13H24N2O/c1-14-8-5-11-6-9-15(10-7-11)13(16)12-3-2-4-12/h11-12,14H,2-10H2,1H3. The Labute approximate surface area is 98.6 Å². The second-order valence-corrected chi connectivity index (χ2v) is 5.29. The van der Waals surface area contributed by atoms with Gasteiger partial charge in [0.05, 0.1) is 0 Å². The molecule has 1 aliphatic carbocycles. The fourth-order valence-electron chi connectivity index (χ4n) is 2.70. The lowest BCUT2D eigenvalue weighted by Crippen LogP contribution is -2.43.